The van der Waals surface area contributed by atoms with E-state index < -0.39 is 0 Å². The van der Waals surface area contributed by atoms with Crippen LogP contribution in [0, 0.1) is 0 Å². The van der Waals surface area contributed by atoms with Crippen LogP contribution in [0.15, 0.2) is 12.4 Å². The van der Waals surface area contributed by atoms with E-state index in [1.807, 2.05) is 0 Å². The van der Waals surface area contributed by atoms with Crippen molar-refractivity contribution in [3.05, 3.63) is 12.4 Å². The lowest BCUT2D eigenvalue weighted by Gasteiger charge is -1.94. The SMILES string of the molecule is C=C1NC(=O)C(C)N1. The minimum atomic E-state index is -0.109. The van der Waals surface area contributed by atoms with Gasteiger partial charge < -0.3 is 10.6 Å². The van der Waals surface area contributed by atoms with Crippen molar-refractivity contribution in [3.8, 4) is 0 Å². The van der Waals surface area contributed by atoms with Crippen molar-refractivity contribution >= 4 is 5.91 Å². The third-order valence-electron chi connectivity index (χ3n) is 1.06. The molecule has 44 valence electrons. The molecule has 1 unspecified atom stereocenters. The van der Waals surface area contributed by atoms with Gasteiger partial charge in [0.15, 0.2) is 0 Å². The van der Waals surface area contributed by atoms with Gasteiger partial charge in [0.1, 0.15) is 6.04 Å². The van der Waals surface area contributed by atoms with E-state index in [2.05, 4.69) is 17.2 Å². The van der Waals surface area contributed by atoms with Crippen LogP contribution in [0.1, 0.15) is 6.92 Å². The first-order chi connectivity index (χ1) is 3.70. The number of hydrogen-bond acceptors (Lipinski definition) is 2. The van der Waals surface area contributed by atoms with Crippen LogP contribution in [-0.2, 0) is 4.79 Å². The van der Waals surface area contributed by atoms with Gasteiger partial charge in [0.2, 0.25) is 5.91 Å². The predicted molar refractivity (Wildman–Crippen MR) is 29.9 cm³/mol. The molecule has 0 bridgehead atoms. The fourth-order valence-electron chi connectivity index (χ4n) is 0.620. The zero-order valence-electron chi connectivity index (χ0n) is 4.69. The van der Waals surface area contributed by atoms with Crippen molar-refractivity contribution in [2.24, 2.45) is 0 Å². The van der Waals surface area contributed by atoms with E-state index in [4.69, 9.17) is 0 Å². The molecule has 8 heavy (non-hydrogen) atoms. The molecular formula is C5H8N2O. The maximum absolute atomic E-state index is 10.6. The fraction of sp³-hybridized carbons (Fsp3) is 0.400. The normalized spacial score (nSPS) is 27.4. The molecule has 3 heteroatoms. The highest BCUT2D eigenvalue weighted by Gasteiger charge is 2.19. The minimum absolute atomic E-state index is 0.00463. The Morgan fingerprint density at radius 3 is 2.50 bits per heavy atom. The van der Waals surface area contributed by atoms with Crippen molar-refractivity contribution in [2.75, 3.05) is 0 Å². The first kappa shape index (κ1) is 5.15. The van der Waals surface area contributed by atoms with E-state index in [1.165, 1.54) is 0 Å². The number of hydrogen-bond donors (Lipinski definition) is 2. The van der Waals surface area contributed by atoms with Crippen molar-refractivity contribution in [1.82, 2.24) is 10.6 Å². The Bertz CT molecular complexity index is 141. The van der Waals surface area contributed by atoms with E-state index in [1.54, 1.807) is 6.92 Å². The van der Waals surface area contributed by atoms with Gasteiger partial charge in [-0.2, -0.15) is 0 Å². The van der Waals surface area contributed by atoms with Crippen LogP contribution in [-0.4, -0.2) is 11.9 Å². The van der Waals surface area contributed by atoms with Crippen molar-refractivity contribution in [2.45, 2.75) is 13.0 Å². The number of amides is 1. The molecule has 0 saturated carbocycles. The maximum Gasteiger partial charge on any atom is 0.247 e. The van der Waals surface area contributed by atoms with Crippen molar-refractivity contribution in [3.63, 3.8) is 0 Å². The molecule has 0 aromatic rings. The van der Waals surface area contributed by atoms with Gasteiger partial charge in [0.25, 0.3) is 0 Å². The van der Waals surface area contributed by atoms with Crippen LogP contribution >= 0.6 is 0 Å². The topological polar surface area (TPSA) is 41.1 Å². The van der Waals surface area contributed by atoms with Gasteiger partial charge in [0.05, 0.1) is 5.82 Å². The van der Waals surface area contributed by atoms with E-state index in [0.717, 1.165) is 0 Å². The number of carbonyl (C=O) groups excluding carboxylic acids is 1. The first-order valence-electron chi connectivity index (χ1n) is 2.46. The molecule has 1 amide bonds. The summed E-state index contributed by atoms with van der Waals surface area (Å²) >= 11 is 0. The molecule has 0 aromatic heterocycles. The Morgan fingerprint density at radius 2 is 2.38 bits per heavy atom. The third-order valence-corrected chi connectivity index (χ3v) is 1.06. The average Bonchev–Trinajstić information content (AvgIpc) is 1.85. The molecule has 1 atom stereocenters. The zero-order chi connectivity index (χ0) is 6.15. The van der Waals surface area contributed by atoms with Crippen LogP contribution in [0.3, 0.4) is 0 Å². The van der Waals surface area contributed by atoms with Crippen LogP contribution in [0.25, 0.3) is 0 Å². The molecule has 1 aliphatic rings. The Hall–Kier alpha value is -0.990. The highest BCUT2D eigenvalue weighted by atomic mass is 16.2. The summed E-state index contributed by atoms with van der Waals surface area (Å²) in [7, 11) is 0. The molecule has 1 heterocycles. The first-order valence-corrected chi connectivity index (χ1v) is 2.46. The Morgan fingerprint density at radius 1 is 1.75 bits per heavy atom. The third kappa shape index (κ3) is 0.665. The van der Waals surface area contributed by atoms with Gasteiger partial charge >= 0.3 is 0 Å². The molecule has 0 aliphatic carbocycles. The van der Waals surface area contributed by atoms with Crippen LogP contribution < -0.4 is 10.6 Å². The summed E-state index contributed by atoms with van der Waals surface area (Å²) < 4.78 is 0. The monoisotopic (exact) mass is 112 g/mol. The lowest BCUT2D eigenvalue weighted by atomic mass is 10.4. The lowest BCUT2D eigenvalue weighted by molar-refractivity contribution is -0.119. The highest BCUT2D eigenvalue weighted by molar-refractivity contribution is 5.85. The maximum atomic E-state index is 10.6. The van der Waals surface area contributed by atoms with Crippen molar-refractivity contribution < 1.29 is 4.79 Å². The van der Waals surface area contributed by atoms with Gasteiger partial charge in [-0.1, -0.05) is 6.58 Å². The van der Waals surface area contributed by atoms with E-state index >= 15 is 0 Å². The highest BCUT2D eigenvalue weighted by Crippen LogP contribution is 1.94. The molecule has 0 radical (unpaired) electrons. The van der Waals surface area contributed by atoms with E-state index in [9.17, 15) is 4.79 Å². The second-order valence-corrected chi connectivity index (χ2v) is 1.83. The summed E-state index contributed by atoms with van der Waals surface area (Å²) in [4.78, 5) is 10.6. The molecule has 1 fully saturated rings. The summed E-state index contributed by atoms with van der Waals surface area (Å²) in [6.07, 6.45) is 0. The molecular weight excluding hydrogens is 104 g/mol. The van der Waals surface area contributed by atoms with E-state index in [0.29, 0.717) is 5.82 Å². The number of carbonyl (C=O) groups is 1. The van der Waals surface area contributed by atoms with Gasteiger partial charge in [-0.3, -0.25) is 4.79 Å². The zero-order valence-corrected chi connectivity index (χ0v) is 4.69. The van der Waals surface area contributed by atoms with Crippen LogP contribution in [0.5, 0.6) is 0 Å². The average molecular weight is 112 g/mol. The summed E-state index contributed by atoms with van der Waals surface area (Å²) in [6, 6.07) is -0.109. The van der Waals surface area contributed by atoms with Crippen LogP contribution in [0.2, 0.25) is 0 Å². The molecule has 1 saturated heterocycles. The fourth-order valence-corrected chi connectivity index (χ4v) is 0.620. The Labute approximate surface area is 47.8 Å². The largest absolute Gasteiger partial charge is 0.361 e. The second kappa shape index (κ2) is 1.51. The predicted octanol–water partition coefficient (Wildman–Crippen LogP) is -0.435. The minimum Gasteiger partial charge on any atom is -0.361 e. The number of nitrogens with one attached hydrogen (secondary N) is 2. The molecule has 2 N–H and O–H groups in total. The summed E-state index contributed by atoms with van der Waals surface area (Å²) in [5.74, 6) is 0.595. The quantitative estimate of drug-likeness (QED) is 0.446. The summed E-state index contributed by atoms with van der Waals surface area (Å²) in [6.45, 7) is 5.30. The van der Waals surface area contributed by atoms with Gasteiger partial charge in [-0.05, 0) is 6.92 Å². The lowest BCUT2D eigenvalue weighted by Crippen LogP contribution is -2.23. The molecule has 0 spiro atoms. The van der Waals surface area contributed by atoms with Crippen molar-refractivity contribution in [1.29, 1.82) is 0 Å². The molecule has 0 aromatic carbocycles. The Balaban J connectivity index is 2.64. The molecule has 1 aliphatic heterocycles. The van der Waals surface area contributed by atoms with Gasteiger partial charge in [0, 0.05) is 0 Å². The molecule has 3 nitrogen and oxygen atoms in total. The summed E-state index contributed by atoms with van der Waals surface area (Å²) in [5.41, 5.74) is 0. The second-order valence-electron chi connectivity index (χ2n) is 1.83. The van der Waals surface area contributed by atoms with E-state index in [-0.39, 0.29) is 11.9 Å². The van der Waals surface area contributed by atoms with Gasteiger partial charge in [-0.25, -0.2) is 0 Å². The Kier molecular flexibility index (Phi) is 0.970. The standard InChI is InChI=1S/C5H8N2O/c1-3-5(8)7-4(2)6-3/h3,6H,2H2,1H3,(H,7,8). The smallest absolute Gasteiger partial charge is 0.247 e. The van der Waals surface area contributed by atoms with Gasteiger partial charge in [-0.15, -0.1) is 0 Å². The number of rotatable bonds is 0. The van der Waals surface area contributed by atoms with Crippen LogP contribution in [0.4, 0.5) is 0 Å². The molecule has 1 rings (SSSR count). The summed E-state index contributed by atoms with van der Waals surface area (Å²) in [5, 5.41) is 5.33.